The van der Waals surface area contributed by atoms with Gasteiger partial charge in [-0.15, -0.1) is 0 Å². The van der Waals surface area contributed by atoms with Gasteiger partial charge in [-0.2, -0.15) is 0 Å². The minimum Gasteiger partial charge on any atom is -0.394 e. The summed E-state index contributed by atoms with van der Waals surface area (Å²) in [6, 6.07) is 0.621. The molecule has 3 nitrogen and oxygen atoms in total. The summed E-state index contributed by atoms with van der Waals surface area (Å²) in [4.78, 5) is 2.58. The Hall–Kier alpha value is -0.120. The van der Waals surface area contributed by atoms with Crippen molar-refractivity contribution in [2.24, 2.45) is 0 Å². The first-order chi connectivity index (χ1) is 9.49. The van der Waals surface area contributed by atoms with Gasteiger partial charge in [-0.05, 0) is 66.1 Å². The van der Waals surface area contributed by atoms with Gasteiger partial charge in [-0.1, -0.05) is 26.7 Å². The predicted molar refractivity (Wildman–Crippen MR) is 89.3 cm³/mol. The fraction of sp³-hybridized carbons (Fsp3) is 1.00. The molecule has 0 aromatic heterocycles. The SMILES string of the molecule is CCCCCN(CCCC(C)(CO)NCCC)C(C)C. The highest BCUT2D eigenvalue weighted by Gasteiger charge is 2.22. The average Bonchev–Trinajstić information content (AvgIpc) is 2.43. The van der Waals surface area contributed by atoms with Gasteiger partial charge in [0.1, 0.15) is 0 Å². The third-order valence-corrected chi connectivity index (χ3v) is 4.10. The van der Waals surface area contributed by atoms with Crippen molar-refractivity contribution >= 4 is 0 Å². The zero-order valence-corrected chi connectivity index (χ0v) is 14.5. The normalized spacial score (nSPS) is 15.0. The molecular formula is C17H38N2O. The molecule has 0 rings (SSSR count). The lowest BCUT2D eigenvalue weighted by Gasteiger charge is -2.31. The lowest BCUT2D eigenvalue weighted by molar-refractivity contribution is 0.150. The van der Waals surface area contributed by atoms with Crippen LogP contribution in [0.1, 0.15) is 73.1 Å². The van der Waals surface area contributed by atoms with E-state index < -0.39 is 0 Å². The summed E-state index contributed by atoms with van der Waals surface area (Å²) in [5.74, 6) is 0. The molecule has 0 amide bonds. The maximum atomic E-state index is 9.58. The van der Waals surface area contributed by atoms with E-state index in [0.717, 1.165) is 32.4 Å². The van der Waals surface area contributed by atoms with Crippen molar-refractivity contribution in [1.82, 2.24) is 10.2 Å². The summed E-state index contributed by atoms with van der Waals surface area (Å²) < 4.78 is 0. The Morgan fingerprint density at radius 2 is 1.70 bits per heavy atom. The van der Waals surface area contributed by atoms with Gasteiger partial charge >= 0.3 is 0 Å². The molecule has 1 atom stereocenters. The Kier molecular flexibility index (Phi) is 11.5. The van der Waals surface area contributed by atoms with E-state index in [1.165, 1.54) is 25.8 Å². The number of hydrogen-bond donors (Lipinski definition) is 2. The molecule has 3 heteroatoms. The zero-order chi connectivity index (χ0) is 15.4. The third-order valence-electron chi connectivity index (χ3n) is 4.10. The first-order valence-electron chi connectivity index (χ1n) is 8.59. The van der Waals surface area contributed by atoms with Crippen LogP contribution in [0.15, 0.2) is 0 Å². The van der Waals surface area contributed by atoms with Gasteiger partial charge in [0.15, 0.2) is 0 Å². The Morgan fingerprint density at radius 3 is 2.20 bits per heavy atom. The summed E-state index contributed by atoms with van der Waals surface area (Å²) in [7, 11) is 0. The molecule has 1 unspecified atom stereocenters. The van der Waals surface area contributed by atoms with Crippen molar-refractivity contribution < 1.29 is 5.11 Å². The van der Waals surface area contributed by atoms with E-state index in [-0.39, 0.29) is 12.1 Å². The topological polar surface area (TPSA) is 35.5 Å². The smallest absolute Gasteiger partial charge is 0.0610 e. The Labute approximate surface area is 127 Å². The molecule has 0 fully saturated rings. The number of hydrogen-bond acceptors (Lipinski definition) is 3. The molecule has 0 aliphatic rings. The Bertz CT molecular complexity index is 221. The molecule has 0 bridgehead atoms. The second kappa shape index (κ2) is 11.5. The third kappa shape index (κ3) is 8.93. The maximum Gasteiger partial charge on any atom is 0.0610 e. The van der Waals surface area contributed by atoms with Crippen LogP contribution in [0, 0.1) is 0 Å². The van der Waals surface area contributed by atoms with Crippen LogP contribution in [-0.2, 0) is 0 Å². The number of nitrogens with one attached hydrogen (secondary N) is 1. The summed E-state index contributed by atoms with van der Waals surface area (Å²) in [5.41, 5.74) is -0.109. The monoisotopic (exact) mass is 286 g/mol. The van der Waals surface area contributed by atoms with E-state index in [1.54, 1.807) is 0 Å². The molecule has 0 saturated heterocycles. The van der Waals surface area contributed by atoms with Gasteiger partial charge in [0.25, 0.3) is 0 Å². The quantitative estimate of drug-likeness (QED) is 0.509. The summed E-state index contributed by atoms with van der Waals surface area (Å²) in [6.45, 7) is 14.7. The van der Waals surface area contributed by atoms with Crippen LogP contribution in [-0.4, -0.2) is 47.8 Å². The van der Waals surface area contributed by atoms with Crippen LogP contribution in [0.25, 0.3) is 0 Å². The van der Waals surface area contributed by atoms with E-state index >= 15 is 0 Å². The minimum absolute atomic E-state index is 0.109. The van der Waals surface area contributed by atoms with E-state index in [2.05, 4.69) is 44.8 Å². The first kappa shape index (κ1) is 19.9. The number of rotatable bonds is 13. The van der Waals surface area contributed by atoms with Crippen molar-refractivity contribution in [2.75, 3.05) is 26.2 Å². The molecule has 0 aromatic rings. The van der Waals surface area contributed by atoms with Crippen LogP contribution < -0.4 is 5.32 Å². The summed E-state index contributed by atoms with van der Waals surface area (Å²) in [5, 5.41) is 13.1. The van der Waals surface area contributed by atoms with Crippen LogP contribution in [0.5, 0.6) is 0 Å². The van der Waals surface area contributed by atoms with Gasteiger partial charge < -0.3 is 15.3 Å². The van der Waals surface area contributed by atoms with E-state index in [4.69, 9.17) is 0 Å². The number of nitrogens with zero attached hydrogens (tertiary/aromatic N) is 1. The molecule has 0 spiro atoms. The molecule has 0 aliphatic carbocycles. The molecule has 122 valence electrons. The van der Waals surface area contributed by atoms with Crippen LogP contribution in [0.3, 0.4) is 0 Å². The van der Waals surface area contributed by atoms with Crippen LogP contribution >= 0.6 is 0 Å². The van der Waals surface area contributed by atoms with Gasteiger partial charge in [0.05, 0.1) is 6.61 Å². The summed E-state index contributed by atoms with van der Waals surface area (Å²) >= 11 is 0. The lowest BCUT2D eigenvalue weighted by Crippen LogP contribution is -2.46. The lowest BCUT2D eigenvalue weighted by atomic mass is 9.96. The standard InChI is InChI=1S/C17H38N2O/c1-6-8-9-13-19(16(3)4)14-10-11-17(5,15-20)18-12-7-2/h16,18,20H,6-15H2,1-5H3. The zero-order valence-electron chi connectivity index (χ0n) is 14.5. The van der Waals surface area contributed by atoms with Crippen molar-refractivity contribution in [3.05, 3.63) is 0 Å². The largest absolute Gasteiger partial charge is 0.394 e. The number of aliphatic hydroxyl groups is 1. The van der Waals surface area contributed by atoms with Crippen LogP contribution in [0.2, 0.25) is 0 Å². The Balaban J connectivity index is 4.06. The second-order valence-electron chi connectivity index (χ2n) is 6.59. The highest BCUT2D eigenvalue weighted by molar-refractivity contribution is 4.82. The van der Waals surface area contributed by atoms with E-state index in [1.807, 2.05) is 0 Å². The highest BCUT2D eigenvalue weighted by Crippen LogP contribution is 2.14. The van der Waals surface area contributed by atoms with Crippen molar-refractivity contribution in [3.8, 4) is 0 Å². The van der Waals surface area contributed by atoms with Crippen LogP contribution in [0.4, 0.5) is 0 Å². The average molecular weight is 287 g/mol. The van der Waals surface area contributed by atoms with E-state index in [0.29, 0.717) is 6.04 Å². The highest BCUT2D eigenvalue weighted by atomic mass is 16.3. The molecular weight excluding hydrogens is 248 g/mol. The molecule has 0 heterocycles. The fourth-order valence-corrected chi connectivity index (χ4v) is 2.52. The molecule has 0 aromatic carbocycles. The molecule has 0 radical (unpaired) electrons. The van der Waals surface area contributed by atoms with Crippen molar-refractivity contribution in [2.45, 2.75) is 84.7 Å². The van der Waals surface area contributed by atoms with E-state index in [9.17, 15) is 5.11 Å². The van der Waals surface area contributed by atoms with Crippen molar-refractivity contribution in [1.29, 1.82) is 0 Å². The minimum atomic E-state index is -0.109. The molecule has 0 saturated carbocycles. The predicted octanol–water partition coefficient (Wildman–Crippen LogP) is 3.42. The summed E-state index contributed by atoms with van der Waals surface area (Å²) in [6.07, 6.45) is 7.23. The fourth-order valence-electron chi connectivity index (χ4n) is 2.52. The number of aliphatic hydroxyl groups excluding tert-OH is 1. The van der Waals surface area contributed by atoms with Gasteiger partial charge in [-0.25, -0.2) is 0 Å². The molecule has 20 heavy (non-hydrogen) atoms. The van der Waals surface area contributed by atoms with Gasteiger partial charge in [-0.3, -0.25) is 0 Å². The van der Waals surface area contributed by atoms with Gasteiger partial charge in [0, 0.05) is 11.6 Å². The van der Waals surface area contributed by atoms with Gasteiger partial charge in [0.2, 0.25) is 0 Å². The second-order valence-corrected chi connectivity index (χ2v) is 6.59. The maximum absolute atomic E-state index is 9.58. The van der Waals surface area contributed by atoms with Crippen molar-refractivity contribution in [3.63, 3.8) is 0 Å². The molecule has 0 aliphatic heterocycles. The number of unbranched alkanes of at least 4 members (excludes halogenated alkanes) is 2. The first-order valence-corrected chi connectivity index (χ1v) is 8.59. The Morgan fingerprint density at radius 1 is 1.05 bits per heavy atom. The molecule has 2 N–H and O–H groups in total.